The predicted molar refractivity (Wildman–Crippen MR) is 281 cm³/mol. The van der Waals surface area contributed by atoms with Gasteiger partial charge in [-0.15, -0.1) is 0 Å². The van der Waals surface area contributed by atoms with Crippen molar-refractivity contribution in [3.05, 3.63) is 160 Å². The number of ketones is 2. The topological polar surface area (TPSA) is 186 Å². The third kappa shape index (κ3) is 9.70. The monoisotopic (exact) mass is 1070 g/mol. The molecular weight excluding hydrogens is 1010 g/mol. The summed E-state index contributed by atoms with van der Waals surface area (Å²) in [6, 6.07) is 17.5. The van der Waals surface area contributed by atoms with Crippen molar-refractivity contribution in [2.75, 3.05) is 12.9 Å². The van der Waals surface area contributed by atoms with E-state index in [9.17, 15) is 35.2 Å². The number of carbonyl (C=O) groups excluding carboxylic acids is 2. The van der Waals surface area contributed by atoms with Gasteiger partial charge in [-0.05, 0) is 173 Å². The van der Waals surface area contributed by atoms with Gasteiger partial charge in [-0.3, -0.25) is 19.0 Å². The van der Waals surface area contributed by atoms with Crippen LogP contribution < -0.4 is 4.74 Å². The number of nitrogens with zero attached hydrogens (tertiary/aromatic N) is 9. The summed E-state index contributed by atoms with van der Waals surface area (Å²) >= 11 is 0. The van der Waals surface area contributed by atoms with Gasteiger partial charge >= 0.3 is 0 Å². The molecule has 2 fully saturated rings. The minimum Gasteiger partial charge on any atom is -0.497 e. The molecule has 2 saturated carbocycles. The second-order valence-electron chi connectivity index (χ2n) is 20.7. The first-order chi connectivity index (χ1) is 36.2. The number of benzene rings is 3. The molecular formula is C56H59F2N9O7S2. The van der Waals surface area contributed by atoms with E-state index in [2.05, 4.69) is 20.4 Å². The standard InChI is InChI=1S/C32H34FN5O4S.C24H25FN4O3S/c1-21-13-29(42-4)12-5-23(21)19-37(43(40,41)30-18-34-36(3)20-30)28-9-6-25-14-31-24(15-32(25,16-28)22(2)39)17-35-38(31)27-10-7-26(33)8-11-27;1-16(30)24-10-17(15-33(31,32)22-13-26-28(2)14-22)3-4-19(24)9-23-18(11-24)12-27-29(23)21-7-5-20(25)6-8-21/h5,7-8,10-14,17-18,20,28H,6,9,15-16,19H2,1-4H3;5-9,12-14,17H,3-4,10-11,15H2,1-2H3/t28-,32+;17-,24-/m00/s1. The summed E-state index contributed by atoms with van der Waals surface area (Å²) in [6.45, 7) is 5.28. The lowest BCUT2D eigenvalue weighted by atomic mass is 9.60. The number of Topliss-reactive ketones (excluding diaryl/α,β-unsaturated/α-hetero) is 2. The Morgan fingerprint density at radius 1 is 0.697 bits per heavy atom. The molecule has 4 atom stereocenters. The molecule has 16 nitrogen and oxygen atoms in total. The molecule has 4 aliphatic carbocycles. The number of aromatic nitrogens is 8. The van der Waals surface area contributed by atoms with Crippen molar-refractivity contribution in [3.8, 4) is 17.1 Å². The molecule has 0 bridgehead atoms. The third-order valence-electron chi connectivity index (χ3n) is 16.0. The van der Waals surface area contributed by atoms with Crippen LogP contribution in [0.25, 0.3) is 23.5 Å². The van der Waals surface area contributed by atoms with E-state index in [0.717, 1.165) is 56.2 Å². The van der Waals surface area contributed by atoms with Crippen LogP contribution in [0.3, 0.4) is 0 Å². The first-order valence-electron chi connectivity index (χ1n) is 25.1. The molecule has 11 rings (SSSR count). The molecule has 0 radical (unpaired) electrons. The number of aryl methyl sites for hydroxylation is 3. The van der Waals surface area contributed by atoms with Gasteiger partial charge in [-0.2, -0.15) is 24.7 Å². The van der Waals surface area contributed by atoms with Gasteiger partial charge in [0, 0.05) is 39.1 Å². The number of fused-ring (bicyclic) bond motifs is 4. The molecule has 0 amide bonds. The highest BCUT2D eigenvalue weighted by atomic mass is 32.2. The fraction of sp³-hybridized carbons (Fsp3) is 0.357. The fourth-order valence-corrected chi connectivity index (χ4v) is 15.0. The largest absolute Gasteiger partial charge is 0.497 e. The Kier molecular flexibility index (Phi) is 13.8. The van der Waals surface area contributed by atoms with Crippen molar-refractivity contribution >= 4 is 43.6 Å². The summed E-state index contributed by atoms with van der Waals surface area (Å²) in [5, 5.41) is 17.2. The summed E-state index contributed by atoms with van der Waals surface area (Å²) in [6.07, 6.45) is 17.6. The van der Waals surface area contributed by atoms with Crippen molar-refractivity contribution < 1.29 is 39.9 Å². The number of sulfonamides is 1. The van der Waals surface area contributed by atoms with E-state index < -0.39 is 36.7 Å². The van der Waals surface area contributed by atoms with Gasteiger partial charge in [0.1, 0.15) is 38.7 Å². The lowest BCUT2D eigenvalue weighted by Gasteiger charge is -2.46. The normalized spacial score (nSPS) is 21.0. The third-order valence-corrected chi connectivity index (χ3v) is 19.6. The van der Waals surface area contributed by atoms with E-state index in [1.165, 1.54) is 58.4 Å². The average Bonchev–Trinajstić information content (AvgIpc) is 4.22. The summed E-state index contributed by atoms with van der Waals surface area (Å²) in [5.41, 5.74) is 7.30. The molecule has 20 heteroatoms. The van der Waals surface area contributed by atoms with Crippen LogP contribution in [0.4, 0.5) is 8.78 Å². The Morgan fingerprint density at radius 3 is 1.70 bits per heavy atom. The van der Waals surface area contributed by atoms with Gasteiger partial charge in [0.15, 0.2) is 9.84 Å². The van der Waals surface area contributed by atoms with E-state index in [1.807, 2.05) is 37.3 Å². The number of rotatable bonds is 13. The number of sulfone groups is 1. The molecule has 0 N–H and O–H groups in total. The van der Waals surface area contributed by atoms with E-state index in [4.69, 9.17) is 4.74 Å². The van der Waals surface area contributed by atoms with Gasteiger partial charge in [0.05, 0.1) is 71.2 Å². The molecule has 0 unspecified atom stereocenters. The van der Waals surface area contributed by atoms with Gasteiger partial charge in [-0.1, -0.05) is 17.2 Å². The van der Waals surface area contributed by atoms with Crippen LogP contribution in [0.1, 0.15) is 86.0 Å². The number of halogens is 2. The molecule has 76 heavy (non-hydrogen) atoms. The molecule has 0 spiro atoms. The number of allylic oxidation sites excluding steroid dienone is 2. The van der Waals surface area contributed by atoms with Gasteiger partial charge in [0.2, 0.25) is 10.0 Å². The van der Waals surface area contributed by atoms with Crippen LogP contribution in [-0.2, 0) is 62.9 Å². The van der Waals surface area contributed by atoms with E-state index >= 15 is 0 Å². The highest BCUT2D eigenvalue weighted by Crippen LogP contribution is 2.52. The first kappa shape index (κ1) is 52.3. The Bertz CT molecular complexity index is 3690. The SMILES string of the molecule is CC(=O)[C@]12Cc3cnn(-c4ccc(F)cc4)c3C=C1CC[C@H](CS(=O)(=O)c1cnn(C)c1)C2.COc1ccc(CN([C@H]2CCC3=Cc4c(cnn4-c4ccc(F)cc4)C[C@]3(C(C)=O)C2)S(=O)(=O)c2cnn(C)c2)c(C)c1. The van der Waals surface area contributed by atoms with Gasteiger partial charge in [-0.25, -0.2) is 35.0 Å². The predicted octanol–water partition coefficient (Wildman–Crippen LogP) is 8.55. The van der Waals surface area contributed by atoms with E-state index in [0.29, 0.717) is 57.1 Å². The molecule has 7 aromatic rings. The van der Waals surface area contributed by atoms with Crippen molar-refractivity contribution in [1.29, 1.82) is 0 Å². The van der Waals surface area contributed by atoms with Crippen LogP contribution in [0, 0.1) is 35.3 Å². The van der Waals surface area contributed by atoms with Crippen LogP contribution >= 0.6 is 0 Å². The summed E-state index contributed by atoms with van der Waals surface area (Å²) < 4.78 is 94.6. The molecule has 0 aliphatic heterocycles. The molecule has 4 aromatic heterocycles. The zero-order chi connectivity index (χ0) is 53.9. The van der Waals surface area contributed by atoms with Crippen LogP contribution in [0.15, 0.2) is 125 Å². The number of methoxy groups -OCH3 is 1. The number of carbonyl (C=O) groups is 2. The second-order valence-corrected chi connectivity index (χ2v) is 24.6. The van der Waals surface area contributed by atoms with Crippen LogP contribution in [0.5, 0.6) is 5.75 Å². The number of hydrogen-bond acceptors (Lipinski definition) is 11. The maximum absolute atomic E-state index is 14.2. The van der Waals surface area contributed by atoms with Crippen LogP contribution in [0.2, 0.25) is 0 Å². The van der Waals surface area contributed by atoms with Gasteiger partial charge in [0.25, 0.3) is 0 Å². The minimum atomic E-state index is -3.96. The van der Waals surface area contributed by atoms with Crippen molar-refractivity contribution in [1.82, 2.24) is 43.4 Å². The highest BCUT2D eigenvalue weighted by molar-refractivity contribution is 7.91. The maximum atomic E-state index is 14.2. The molecule has 4 heterocycles. The van der Waals surface area contributed by atoms with Gasteiger partial charge < -0.3 is 4.74 Å². The Hall–Kier alpha value is -7.16. The zero-order valence-electron chi connectivity index (χ0n) is 43.2. The summed E-state index contributed by atoms with van der Waals surface area (Å²) in [5.74, 6) is -0.000665. The first-order valence-corrected chi connectivity index (χ1v) is 28.2. The van der Waals surface area contributed by atoms with Crippen molar-refractivity contribution in [2.24, 2.45) is 30.8 Å². The van der Waals surface area contributed by atoms with Crippen LogP contribution in [-0.4, -0.2) is 90.7 Å². The Labute approximate surface area is 440 Å². The lowest BCUT2D eigenvalue weighted by Crippen LogP contribution is -2.49. The molecule has 396 valence electrons. The number of ether oxygens (including phenoxy) is 1. The quantitative estimate of drug-likeness (QED) is 0.108. The Balaban J connectivity index is 0.000000179. The zero-order valence-corrected chi connectivity index (χ0v) is 44.8. The fourth-order valence-electron chi connectivity index (χ4n) is 11.8. The average molecular weight is 1070 g/mol. The number of hydrogen-bond donors (Lipinski definition) is 0. The smallest absolute Gasteiger partial charge is 0.246 e. The van der Waals surface area contributed by atoms with Crippen molar-refractivity contribution in [2.45, 2.75) is 94.5 Å². The molecule has 4 aliphatic rings. The van der Waals surface area contributed by atoms with E-state index in [1.54, 1.807) is 85.4 Å². The summed E-state index contributed by atoms with van der Waals surface area (Å²) in [4.78, 5) is 26.9. The summed E-state index contributed by atoms with van der Waals surface area (Å²) in [7, 11) is -2.47. The second kappa shape index (κ2) is 20.1. The molecule has 0 saturated heterocycles. The Morgan fingerprint density at radius 2 is 1.21 bits per heavy atom. The lowest BCUT2D eigenvalue weighted by molar-refractivity contribution is -0.127. The molecule has 3 aromatic carbocycles. The highest BCUT2D eigenvalue weighted by Gasteiger charge is 2.51. The van der Waals surface area contributed by atoms with E-state index in [-0.39, 0.29) is 51.2 Å². The van der Waals surface area contributed by atoms with Crippen molar-refractivity contribution in [3.63, 3.8) is 0 Å². The minimum absolute atomic E-state index is 0.00268. The maximum Gasteiger partial charge on any atom is 0.246 e.